The summed E-state index contributed by atoms with van der Waals surface area (Å²) in [6, 6.07) is 7.39. The summed E-state index contributed by atoms with van der Waals surface area (Å²) in [4.78, 5) is 14.6. The molecule has 0 aliphatic heterocycles. The van der Waals surface area contributed by atoms with Crippen molar-refractivity contribution in [3.8, 4) is 5.75 Å². The summed E-state index contributed by atoms with van der Waals surface area (Å²) in [6.45, 7) is 1.55. The lowest BCUT2D eigenvalue weighted by molar-refractivity contribution is -0.695. The molecule has 106 valence electrons. The molecule has 2 N–H and O–H groups in total. The van der Waals surface area contributed by atoms with E-state index in [1.165, 1.54) is 0 Å². The van der Waals surface area contributed by atoms with Crippen LogP contribution >= 0.6 is 15.9 Å². The van der Waals surface area contributed by atoms with E-state index in [1.54, 1.807) is 0 Å². The largest absolute Gasteiger partial charge is 0.484 e. The van der Waals surface area contributed by atoms with E-state index in [2.05, 4.69) is 26.2 Å². The predicted molar refractivity (Wildman–Crippen MR) is 78.3 cm³/mol. The topological polar surface area (TPSA) is 58.0 Å². The Morgan fingerprint density at radius 3 is 2.85 bits per heavy atom. The third-order valence-electron chi connectivity index (χ3n) is 2.70. The number of carbonyl (C=O) groups excluding carboxylic acids is 1. The molecule has 1 amide bonds. The molecule has 0 aliphatic carbocycles. The van der Waals surface area contributed by atoms with E-state index >= 15 is 0 Å². The molecule has 0 saturated carbocycles. The van der Waals surface area contributed by atoms with Gasteiger partial charge in [-0.15, -0.1) is 0 Å². The fourth-order valence-corrected chi connectivity index (χ4v) is 1.94. The Hall–Kier alpha value is -1.82. The molecule has 0 radical (unpaired) electrons. The van der Waals surface area contributed by atoms with Crippen LogP contribution in [0.2, 0.25) is 0 Å². The molecule has 1 heterocycles. The third-order valence-corrected chi connectivity index (χ3v) is 3.23. The van der Waals surface area contributed by atoms with Crippen LogP contribution in [0.4, 0.5) is 0 Å². The minimum Gasteiger partial charge on any atom is -0.484 e. The number of hydrogen-bond acceptors (Lipinski definition) is 2. The molecule has 0 bridgehead atoms. The number of rotatable bonds is 7. The van der Waals surface area contributed by atoms with Gasteiger partial charge in [0.2, 0.25) is 6.33 Å². The zero-order valence-electron chi connectivity index (χ0n) is 11.0. The lowest BCUT2D eigenvalue weighted by Crippen LogP contribution is -2.35. The molecular formula is C14H17BrN3O2+. The normalized spacial score (nSPS) is 10.2. The van der Waals surface area contributed by atoms with Gasteiger partial charge in [-0.1, -0.05) is 15.9 Å². The van der Waals surface area contributed by atoms with Crippen LogP contribution in [0.15, 0.2) is 47.5 Å². The van der Waals surface area contributed by atoms with Gasteiger partial charge in [-0.05, 0) is 24.3 Å². The molecular weight excluding hydrogens is 322 g/mol. The number of nitrogens with one attached hydrogen (secondary N) is 2. The Kier molecular flexibility index (Phi) is 5.61. The van der Waals surface area contributed by atoms with Crippen molar-refractivity contribution in [3.63, 3.8) is 0 Å². The summed E-state index contributed by atoms with van der Waals surface area (Å²) in [5.74, 6) is 0.582. The quantitative estimate of drug-likeness (QED) is 0.595. The van der Waals surface area contributed by atoms with Gasteiger partial charge in [-0.3, -0.25) is 9.78 Å². The standard InChI is InChI=1S/C14H16BrN3O2/c15-12-2-4-13(5-3-12)20-10-14(19)17-6-1-8-18-9-7-16-11-18/h2-5,7,9,11H,1,6,8,10H2,(H,17,19)/p+1. The van der Waals surface area contributed by atoms with Crippen molar-refractivity contribution in [2.75, 3.05) is 13.2 Å². The van der Waals surface area contributed by atoms with Crippen LogP contribution in [0.5, 0.6) is 5.75 Å². The summed E-state index contributed by atoms with van der Waals surface area (Å²) in [7, 11) is 0. The van der Waals surface area contributed by atoms with Gasteiger partial charge in [0.15, 0.2) is 6.61 Å². The SMILES string of the molecule is O=C(COc1ccc(Br)cc1)NCCC[n+]1cc[nH]c1. The van der Waals surface area contributed by atoms with Gasteiger partial charge in [-0.25, -0.2) is 4.57 Å². The van der Waals surface area contributed by atoms with Crippen LogP contribution in [0.1, 0.15) is 6.42 Å². The molecule has 2 rings (SSSR count). The van der Waals surface area contributed by atoms with Crippen molar-refractivity contribution < 1.29 is 14.1 Å². The monoisotopic (exact) mass is 338 g/mol. The van der Waals surface area contributed by atoms with Crippen molar-refractivity contribution in [3.05, 3.63) is 47.5 Å². The number of aromatic amines is 1. The highest BCUT2D eigenvalue weighted by molar-refractivity contribution is 9.10. The Morgan fingerprint density at radius 1 is 1.35 bits per heavy atom. The predicted octanol–water partition coefficient (Wildman–Crippen LogP) is 1.65. The smallest absolute Gasteiger partial charge is 0.257 e. The maximum absolute atomic E-state index is 11.6. The number of hydrogen-bond donors (Lipinski definition) is 2. The average Bonchev–Trinajstić information content (AvgIpc) is 2.96. The van der Waals surface area contributed by atoms with Crippen molar-refractivity contribution in [1.29, 1.82) is 0 Å². The van der Waals surface area contributed by atoms with Crippen molar-refractivity contribution in [2.45, 2.75) is 13.0 Å². The molecule has 6 heteroatoms. The molecule has 5 nitrogen and oxygen atoms in total. The molecule has 20 heavy (non-hydrogen) atoms. The molecule has 0 atom stereocenters. The highest BCUT2D eigenvalue weighted by Crippen LogP contribution is 2.15. The van der Waals surface area contributed by atoms with Crippen molar-refractivity contribution >= 4 is 21.8 Å². The Morgan fingerprint density at radius 2 is 2.15 bits per heavy atom. The fourth-order valence-electron chi connectivity index (χ4n) is 1.68. The minimum atomic E-state index is -0.105. The number of H-pyrrole nitrogens is 1. The summed E-state index contributed by atoms with van der Waals surface area (Å²) < 4.78 is 8.40. The van der Waals surface area contributed by atoms with Gasteiger partial charge in [0.1, 0.15) is 18.1 Å². The number of benzene rings is 1. The van der Waals surface area contributed by atoms with Crippen LogP contribution in [0.25, 0.3) is 0 Å². The van der Waals surface area contributed by atoms with E-state index < -0.39 is 0 Å². The van der Waals surface area contributed by atoms with E-state index in [4.69, 9.17) is 4.74 Å². The molecule has 0 unspecified atom stereocenters. The van der Waals surface area contributed by atoms with Gasteiger partial charge in [0, 0.05) is 17.4 Å². The maximum atomic E-state index is 11.6. The van der Waals surface area contributed by atoms with Crippen molar-refractivity contribution in [2.24, 2.45) is 0 Å². The Balaban J connectivity index is 1.59. The molecule has 0 spiro atoms. The molecule has 0 aliphatic rings. The van der Waals surface area contributed by atoms with Crippen LogP contribution < -0.4 is 14.6 Å². The highest BCUT2D eigenvalue weighted by atomic mass is 79.9. The second-order valence-corrected chi connectivity index (χ2v) is 5.21. The molecule has 0 fully saturated rings. The number of imidazole rings is 1. The highest BCUT2D eigenvalue weighted by Gasteiger charge is 2.03. The van der Waals surface area contributed by atoms with Gasteiger partial charge >= 0.3 is 0 Å². The lowest BCUT2D eigenvalue weighted by atomic mass is 10.3. The first-order valence-corrected chi connectivity index (χ1v) is 7.20. The van der Waals surface area contributed by atoms with Gasteiger partial charge in [0.05, 0.1) is 6.54 Å². The van der Waals surface area contributed by atoms with Crippen LogP contribution in [-0.4, -0.2) is 24.0 Å². The molecule has 2 aromatic rings. The van der Waals surface area contributed by atoms with E-state index in [1.807, 2.05) is 47.6 Å². The first-order chi connectivity index (χ1) is 9.74. The van der Waals surface area contributed by atoms with Gasteiger partial charge in [-0.2, -0.15) is 0 Å². The summed E-state index contributed by atoms with van der Waals surface area (Å²) in [6.07, 6.45) is 6.59. The van der Waals surface area contributed by atoms with Gasteiger partial charge in [0.25, 0.3) is 5.91 Å². The number of nitrogens with zero attached hydrogens (tertiary/aromatic N) is 1. The number of aryl methyl sites for hydroxylation is 1. The number of amides is 1. The van der Waals surface area contributed by atoms with E-state index in [0.29, 0.717) is 12.3 Å². The van der Waals surface area contributed by atoms with Crippen molar-refractivity contribution in [1.82, 2.24) is 10.3 Å². The van der Waals surface area contributed by atoms with E-state index in [0.717, 1.165) is 17.4 Å². The second-order valence-electron chi connectivity index (χ2n) is 4.30. The summed E-state index contributed by atoms with van der Waals surface area (Å²) >= 11 is 3.34. The van der Waals surface area contributed by atoms with Crippen LogP contribution in [0, 0.1) is 0 Å². The number of halogens is 1. The zero-order valence-corrected chi connectivity index (χ0v) is 12.6. The number of carbonyl (C=O) groups is 1. The number of ether oxygens (including phenoxy) is 1. The van der Waals surface area contributed by atoms with E-state index in [9.17, 15) is 4.79 Å². The van der Waals surface area contributed by atoms with Crippen LogP contribution in [0.3, 0.4) is 0 Å². The maximum Gasteiger partial charge on any atom is 0.257 e. The lowest BCUT2D eigenvalue weighted by Gasteiger charge is -2.07. The minimum absolute atomic E-state index is 0.0406. The second kappa shape index (κ2) is 7.69. The van der Waals surface area contributed by atoms with Crippen LogP contribution in [-0.2, 0) is 11.3 Å². The first kappa shape index (κ1) is 14.6. The van der Waals surface area contributed by atoms with Gasteiger partial charge < -0.3 is 10.1 Å². The summed E-state index contributed by atoms with van der Waals surface area (Å²) in [5, 5.41) is 2.83. The third kappa shape index (κ3) is 5.05. The summed E-state index contributed by atoms with van der Waals surface area (Å²) in [5.41, 5.74) is 0. The Labute approximate surface area is 126 Å². The van der Waals surface area contributed by atoms with E-state index in [-0.39, 0.29) is 12.5 Å². The first-order valence-electron chi connectivity index (χ1n) is 6.41. The molecule has 0 saturated heterocycles. The zero-order chi connectivity index (χ0) is 14.2. The fraction of sp³-hybridized carbons (Fsp3) is 0.286. The molecule has 1 aromatic heterocycles. The molecule has 1 aromatic carbocycles. The average molecular weight is 339 g/mol. The number of aromatic nitrogens is 2. The Bertz CT molecular complexity index is 526.